The zero-order valence-electron chi connectivity index (χ0n) is 7.24. The van der Waals surface area contributed by atoms with Crippen molar-refractivity contribution in [2.45, 2.75) is 0 Å². The first-order chi connectivity index (χ1) is 6.77. The average Bonchev–Trinajstić information content (AvgIpc) is 2.19. The third kappa shape index (κ3) is 2.07. The molecule has 2 rings (SSSR count). The van der Waals surface area contributed by atoms with Gasteiger partial charge in [-0.25, -0.2) is 4.98 Å². The minimum Gasteiger partial charge on any atom is -0.230 e. The Hall–Kier alpha value is -0.610. The van der Waals surface area contributed by atoms with E-state index in [0.29, 0.717) is 5.15 Å². The molecule has 2 aromatic rings. The summed E-state index contributed by atoms with van der Waals surface area (Å²) >= 11 is 7.98. The molecule has 1 heterocycles. The van der Waals surface area contributed by atoms with Crippen LogP contribution in [-0.4, -0.2) is 4.98 Å². The van der Waals surface area contributed by atoms with Gasteiger partial charge in [0.15, 0.2) is 0 Å². The maximum absolute atomic E-state index is 5.79. The van der Waals surface area contributed by atoms with Crippen LogP contribution in [-0.2, 0) is 0 Å². The highest BCUT2D eigenvalue weighted by atomic mass is 127. The van der Waals surface area contributed by atoms with Crippen molar-refractivity contribution in [2.24, 2.45) is 0 Å². The van der Waals surface area contributed by atoms with E-state index in [1.165, 1.54) is 5.56 Å². The second kappa shape index (κ2) is 4.28. The Morgan fingerprint density at radius 2 is 1.71 bits per heavy atom. The van der Waals surface area contributed by atoms with Gasteiger partial charge in [-0.15, -0.1) is 0 Å². The standard InChI is InChI=1S/C11H7ClIN/c12-10-7-6-9(11(13)14-10)8-4-2-1-3-5-8/h1-7H. The minimum atomic E-state index is 0.536. The number of aromatic nitrogens is 1. The van der Waals surface area contributed by atoms with Crippen LogP contribution in [0.2, 0.25) is 5.15 Å². The van der Waals surface area contributed by atoms with Gasteiger partial charge in [0.1, 0.15) is 8.85 Å². The highest BCUT2D eigenvalue weighted by Crippen LogP contribution is 2.24. The molecule has 14 heavy (non-hydrogen) atoms. The molecule has 3 heteroatoms. The molecule has 70 valence electrons. The van der Waals surface area contributed by atoms with E-state index in [2.05, 4.69) is 39.7 Å². The molecule has 0 fully saturated rings. The number of halogens is 2. The van der Waals surface area contributed by atoms with Crippen LogP contribution < -0.4 is 0 Å². The third-order valence-corrected chi connectivity index (χ3v) is 2.93. The molecule has 0 aliphatic rings. The third-order valence-electron chi connectivity index (χ3n) is 1.90. The predicted octanol–water partition coefficient (Wildman–Crippen LogP) is 4.01. The van der Waals surface area contributed by atoms with Crippen molar-refractivity contribution < 1.29 is 0 Å². The minimum absolute atomic E-state index is 0.536. The van der Waals surface area contributed by atoms with Gasteiger partial charge in [0.25, 0.3) is 0 Å². The summed E-state index contributed by atoms with van der Waals surface area (Å²) in [5, 5.41) is 0.536. The largest absolute Gasteiger partial charge is 0.230 e. The zero-order chi connectivity index (χ0) is 9.97. The lowest BCUT2D eigenvalue weighted by atomic mass is 10.1. The average molecular weight is 316 g/mol. The molecule has 0 aliphatic carbocycles. The van der Waals surface area contributed by atoms with Crippen LogP contribution in [0.15, 0.2) is 42.5 Å². The van der Waals surface area contributed by atoms with E-state index in [9.17, 15) is 0 Å². The number of rotatable bonds is 1. The Kier molecular flexibility index (Phi) is 3.03. The van der Waals surface area contributed by atoms with Crippen LogP contribution in [0.1, 0.15) is 0 Å². The summed E-state index contributed by atoms with van der Waals surface area (Å²) in [4.78, 5) is 4.20. The molecule has 0 spiro atoms. The topological polar surface area (TPSA) is 12.9 Å². The first-order valence-electron chi connectivity index (χ1n) is 4.15. The highest BCUT2D eigenvalue weighted by Gasteiger charge is 2.03. The fourth-order valence-corrected chi connectivity index (χ4v) is 2.29. The Labute approximate surface area is 101 Å². The quantitative estimate of drug-likeness (QED) is 0.572. The molecule has 0 aliphatic heterocycles. The molecular weight excluding hydrogens is 308 g/mol. The zero-order valence-corrected chi connectivity index (χ0v) is 10.2. The summed E-state index contributed by atoms with van der Waals surface area (Å²) in [5.41, 5.74) is 2.29. The first-order valence-corrected chi connectivity index (χ1v) is 5.60. The van der Waals surface area contributed by atoms with E-state index >= 15 is 0 Å². The molecule has 0 saturated heterocycles. The Morgan fingerprint density at radius 1 is 1.00 bits per heavy atom. The molecular formula is C11H7ClIN. The molecule has 0 bridgehead atoms. The molecule has 1 nitrogen and oxygen atoms in total. The van der Waals surface area contributed by atoms with Crippen LogP contribution >= 0.6 is 34.2 Å². The van der Waals surface area contributed by atoms with Gasteiger partial charge in [-0.3, -0.25) is 0 Å². The Balaban J connectivity index is 2.53. The van der Waals surface area contributed by atoms with Crippen LogP contribution in [0.4, 0.5) is 0 Å². The van der Waals surface area contributed by atoms with Crippen molar-refractivity contribution >= 4 is 34.2 Å². The van der Waals surface area contributed by atoms with Crippen LogP contribution in [0.3, 0.4) is 0 Å². The molecule has 0 amide bonds. The van der Waals surface area contributed by atoms with E-state index in [0.717, 1.165) is 9.26 Å². The van der Waals surface area contributed by atoms with Crippen molar-refractivity contribution in [1.29, 1.82) is 0 Å². The number of hydrogen-bond donors (Lipinski definition) is 0. The molecule has 0 unspecified atom stereocenters. The number of pyridine rings is 1. The normalized spacial score (nSPS) is 10.1. The number of nitrogens with zero attached hydrogens (tertiary/aromatic N) is 1. The molecule has 1 aromatic carbocycles. The maximum atomic E-state index is 5.79. The number of hydrogen-bond acceptors (Lipinski definition) is 1. The molecule has 0 atom stereocenters. The lowest BCUT2D eigenvalue weighted by molar-refractivity contribution is 1.27. The summed E-state index contributed by atoms with van der Waals surface area (Å²) in [5.74, 6) is 0. The van der Waals surface area contributed by atoms with Gasteiger partial charge >= 0.3 is 0 Å². The summed E-state index contributed by atoms with van der Waals surface area (Å²) in [6.07, 6.45) is 0. The Morgan fingerprint density at radius 3 is 2.36 bits per heavy atom. The molecule has 0 N–H and O–H groups in total. The fraction of sp³-hybridized carbons (Fsp3) is 0. The van der Waals surface area contributed by atoms with Crippen LogP contribution in [0.25, 0.3) is 11.1 Å². The van der Waals surface area contributed by atoms with E-state index in [4.69, 9.17) is 11.6 Å². The molecule has 0 saturated carbocycles. The van der Waals surface area contributed by atoms with Gasteiger partial charge in [-0.05, 0) is 40.3 Å². The molecule has 1 aromatic heterocycles. The van der Waals surface area contributed by atoms with Gasteiger partial charge < -0.3 is 0 Å². The second-order valence-corrected chi connectivity index (χ2v) is 4.25. The first kappa shape index (κ1) is 9.93. The van der Waals surface area contributed by atoms with Gasteiger partial charge in [0.05, 0.1) is 0 Å². The second-order valence-electron chi connectivity index (χ2n) is 2.84. The van der Waals surface area contributed by atoms with Gasteiger partial charge in [-0.2, -0.15) is 0 Å². The summed E-state index contributed by atoms with van der Waals surface area (Å²) in [7, 11) is 0. The molecule has 0 radical (unpaired) electrons. The van der Waals surface area contributed by atoms with Crippen molar-refractivity contribution in [1.82, 2.24) is 4.98 Å². The van der Waals surface area contributed by atoms with E-state index in [1.807, 2.05) is 30.3 Å². The maximum Gasteiger partial charge on any atom is 0.130 e. The van der Waals surface area contributed by atoms with E-state index in [-0.39, 0.29) is 0 Å². The predicted molar refractivity (Wildman–Crippen MR) is 67.4 cm³/mol. The van der Waals surface area contributed by atoms with Crippen molar-refractivity contribution in [2.75, 3.05) is 0 Å². The van der Waals surface area contributed by atoms with Crippen molar-refractivity contribution in [3.63, 3.8) is 0 Å². The van der Waals surface area contributed by atoms with E-state index in [1.54, 1.807) is 0 Å². The smallest absolute Gasteiger partial charge is 0.130 e. The summed E-state index contributed by atoms with van der Waals surface area (Å²) in [6, 6.07) is 14.0. The van der Waals surface area contributed by atoms with Gasteiger partial charge in [0, 0.05) is 5.56 Å². The Bertz CT molecular complexity index is 442. The SMILES string of the molecule is Clc1ccc(-c2ccccc2)c(I)n1. The fourth-order valence-electron chi connectivity index (χ4n) is 1.25. The van der Waals surface area contributed by atoms with Crippen LogP contribution in [0, 0.1) is 3.70 Å². The lowest BCUT2D eigenvalue weighted by Gasteiger charge is -2.03. The lowest BCUT2D eigenvalue weighted by Crippen LogP contribution is -1.86. The van der Waals surface area contributed by atoms with Gasteiger partial charge in [-0.1, -0.05) is 41.9 Å². The summed E-state index contributed by atoms with van der Waals surface area (Å²) in [6.45, 7) is 0. The van der Waals surface area contributed by atoms with Crippen molar-refractivity contribution in [3.8, 4) is 11.1 Å². The van der Waals surface area contributed by atoms with E-state index < -0.39 is 0 Å². The highest BCUT2D eigenvalue weighted by molar-refractivity contribution is 14.1. The van der Waals surface area contributed by atoms with Crippen molar-refractivity contribution in [3.05, 3.63) is 51.3 Å². The number of benzene rings is 1. The monoisotopic (exact) mass is 315 g/mol. The summed E-state index contributed by atoms with van der Waals surface area (Å²) < 4.78 is 0.932. The van der Waals surface area contributed by atoms with Gasteiger partial charge in [0.2, 0.25) is 0 Å². The van der Waals surface area contributed by atoms with Crippen LogP contribution in [0.5, 0.6) is 0 Å².